The summed E-state index contributed by atoms with van der Waals surface area (Å²) >= 11 is 0. The van der Waals surface area contributed by atoms with Gasteiger partial charge in [-0.3, -0.25) is 4.98 Å². The minimum Gasteiger partial charge on any atom is -0.526 e. The van der Waals surface area contributed by atoms with Crippen LogP contribution in [-0.4, -0.2) is 24.2 Å². The average Bonchev–Trinajstić information content (AvgIpc) is 2.77. The smallest absolute Gasteiger partial charge is 0.418 e. The van der Waals surface area contributed by atoms with Crippen LogP contribution in [0.1, 0.15) is 18.4 Å². The van der Waals surface area contributed by atoms with Crippen LogP contribution in [0.2, 0.25) is 0 Å². The maximum atomic E-state index is 12.6. The fraction of sp³-hybridized carbons (Fsp3) is 0.455. The number of carboxylic acid groups (broad SMARTS) is 1. The fourth-order valence-electron chi connectivity index (χ4n) is 2.30. The highest BCUT2D eigenvalue weighted by Crippen LogP contribution is 2.33. The maximum Gasteiger partial charge on any atom is 0.418 e. The van der Waals surface area contributed by atoms with Crippen molar-refractivity contribution in [3.8, 4) is 0 Å². The van der Waals surface area contributed by atoms with Crippen molar-refractivity contribution in [2.45, 2.75) is 19.0 Å². The Morgan fingerprint density at radius 1 is 1.32 bits per heavy atom. The molecule has 0 atom stereocenters. The molecule has 1 amide bonds. The number of pyridine rings is 1. The van der Waals surface area contributed by atoms with Crippen molar-refractivity contribution >= 4 is 11.8 Å². The number of aromatic nitrogens is 1. The Bertz CT molecular complexity index is 484. The lowest BCUT2D eigenvalue weighted by Gasteiger charge is -2.33. The lowest BCUT2D eigenvalue weighted by molar-refractivity contribution is -0.255. The van der Waals surface area contributed by atoms with E-state index in [0.29, 0.717) is 13.1 Å². The summed E-state index contributed by atoms with van der Waals surface area (Å²) < 4.78 is 37.7. The predicted octanol–water partition coefficient (Wildman–Crippen LogP) is 1.05. The average molecular weight is 275 g/mol. The molecule has 1 aromatic rings. The molecule has 104 valence electrons. The van der Waals surface area contributed by atoms with Crippen LogP contribution in [0.5, 0.6) is 0 Å². The van der Waals surface area contributed by atoms with E-state index >= 15 is 0 Å². The van der Waals surface area contributed by atoms with Crippen molar-refractivity contribution in [2.75, 3.05) is 13.1 Å². The molecule has 1 saturated heterocycles. The maximum absolute atomic E-state index is 12.6. The Labute approximate surface area is 107 Å². The van der Waals surface area contributed by atoms with Gasteiger partial charge in [-0.2, -0.15) is 17.8 Å². The van der Waals surface area contributed by atoms with E-state index in [2.05, 4.69) is 10.4 Å². The molecule has 0 bridgehead atoms. The molecule has 1 aliphatic heterocycles. The van der Waals surface area contributed by atoms with Crippen molar-refractivity contribution in [1.29, 1.82) is 0 Å². The molecule has 5 nitrogen and oxygen atoms in total. The van der Waals surface area contributed by atoms with Gasteiger partial charge in [0.2, 0.25) is 0 Å². The van der Waals surface area contributed by atoms with Crippen LogP contribution in [-0.2, 0) is 6.18 Å². The molecule has 8 heteroatoms. The van der Waals surface area contributed by atoms with E-state index in [-0.39, 0.29) is 10.3 Å². The van der Waals surface area contributed by atoms with Crippen LogP contribution < -0.4 is 15.1 Å². The number of quaternary nitrogens is 1. The van der Waals surface area contributed by atoms with Gasteiger partial charge in [-0.15, -0.1) is 0 Å². The van der Waals surface area contributed by atoms with Gasteiger partial charge in [0.25, 0.3) is 0 Å². The quantitative estimate of drug-likeness (QED) is 0.820. The van der Waals surface area contributed by atoms with E-state index in [9.17, 15) is 23.1 Å². The first-order valence-corrected chi connectivity index (χ1v) is 5.73. The third-order valence-electron chi connectivity index (χ3n) is 3.18. The summed E-state index contributed by atoms with van der Waals surface area (Å²) in [5.74, 6) is 0. The zero-order valence-electron chi connectivity index (χ0n) is 9.91. The van der Waals surface area contributed by atoms with Crippen molar-refractivity contribution < 1.29 is 23.1 Å². The summed E-state index contributed by atoms with van der Waals surface area (Å²) in [6.45, 7) is 0.772. The molecule has 1 aliphatic rings. The van der Waals surface area contributed by atoms with Gasteiger partial charge < -0.3 is 9.90 Å². The number of rotatable bonds is 2. The molecule has 2 heterocycles. The van der Waals surface area contributed by atoms with Gasteiger partial charge in [0.15, 0.2) is 11.8 Å². The molecule has 0 spiro atoms. The number of amides is 1. The first-order chi connectivity index (χ1) is 8.83. The number of nitrogens with zero attached hydrogens (tertiary/aromatic N) is 2. The first kappa shape index (κ1) is 13.6. The molecular weight excluding hydrogens is 263 g/mol. The van der Waals surface area contributed by atoms with Gasteiger partial charge >= 0.3 is 6.18 Å². The zero-order chi connectivity index (χ0) is 14.1. The summed E-state index contributed by atoms with van der Waals surface area (Å²) in [5.41, 5.74) is 1.47. The third kappa shape index (κ3) is 2.78. The molecule has 0 radical (unpaired) electrons. The highest BCUT2D eigenvalue weighted by Gasteiger charge is 2.39. The third-order valence-corrected chi connectivity index (χ3v) is 3.18. The summed E-state index contributed by atoms with van der Waals surface area (Å²) in [6.07, 6.45) is -2.62. The van der Waals surface area contributed by atoms with Gasteiger partial charge in [-0.1, -0.05) is 0 Å². The van der Waals surface area contributed by atoms with Gasteiger partial charge in [0.05, 0.1) is 11.8 Å². The van der Waals surface area contributed by atoms with E-state index in [0.717, 1.165) is 25.1 Å². The van der Waals surface area contributed by atoms with Crippen LogP contribution in [0.4, 0.5) is 23.7 Å². The molecule has 1 aromatic heterocycles. The molecule has 1 N–H and O–H groups in total. The van der Waals surface area contributed by atoms with Crippen molar-refractivity contribution in [3.63, 3.8) is 0 Å². The standard InChI is InChI=1S/C11H12F3N3O2/c12-11(13,14)8-5-9(7-15-6-8)17(16-10(18)19)3-1-2-4-17/h5-7,16H,1-4H2. The molecular formula is C11H12F3N3O2. The molecule has 1 fully saturated rings. The van der Waals surface area contributed by atoms with Crippen molar-refractivity contribution in [1.82, 2.24) is 15.0 Å². The first-order valence-electron chi connectivity index (χ1n) is 5.73. The largest absolute Gasteiger partial charge is 0.526 e. The summed E-state index contributed by atoms with van der Waals surface area (Å²) in [7, 11) is 0. The van der Waals surface area contributed by atoms with E-state index < -0.39 is 17.8 Å². The van der Waals surface area contributed by atoms with Crippen molar-refractivity contribution in [3.05, 3.63) is 24.0 Å². The normalized spacial score (nSPS) is 18.3. The number of nitrogens with one attached hydrogen (secondary N) is 1. The van der Waals surface area contributed by atoms with Crippen LogP contribution in [0, 0.1) is 0 Å². The van der Waals surface area contributed by atoms with Gasteiger partial charge in [0, 0.05) is 25.1 Å². The second kappa shape index (κ2) is 4.69. The lowest BCUT2D eigenvalue weighted by atomic mass is 10.2. The number of hydrogen-bond acceptors (Lipinski definition) is 3. The second-order valence-electron chi connectivity index (χ2n) is 4.45. The zero-order valence-corrected chi connectivity index (χ0v) is 9.91. The van der Waals surface area contributed by atoms with E-state index in [1.807, 2.05) is 0 Å². The molecule has 2 rings (SSSR count). The lowest BCUT2D eigenvalue weighted by Crippen LogP contribution is -2.63. The molecule has 0 aliphatic carbocycles. The minimum absolute atomic E-state index is 0.177. The summed E-state index contributed by atoms with van der Waals surface area (Å²) in [4.78, 5) is 14.3. The van der Waals surface area contributed by atoms with Gasteiger partial charge in [-0.05, 0) is 0 Å². The number of carbonyl (C=O) groups excluding carboxylic acids is 1. The number of halogens is 3. The Balaban J connectivity index is 2.40. The second-order valence-corrected chi connectivity index (χ2v) is 4.45. The SMILES string of the molecule is O=C([O-])N[N+]1(c2cncc(C(F)(F)F)c2)CCCC1. The Hall–Kier alpha value is -1.83. The molecule has 0 saturated carbocycles. The topological polar surface area (TPSA) is 65.0 Å². The van der Waals surface area contributed by atoms with Crippen LogP contribution in [0.25, 0.3) is 0 Å². The highest BCUT2D eigenvalue weighted by atomic mass is 19.4. The number of carbonyl (C=O) groups is 1. The molecule has 0 aromatic carbocycles. The van der Waals surface area contributed by atoms with Crippen molar-refractivity contribution in [2.24, 2.45) is 0 Å². The monoisotopic (exact) mass is 275 g/mol. The minimum atomic E-state index is -4.51. The summed E-state index contributed by atoms with van der Waals surface area (Å²) in [5, 5.41) is 10.7. The number of hydrogen-bond donors (Lipinski definition) is 1. The van der Waals surface area contributed by atoms with Crippen LogP contribution in [0.15, 0.2) is 18.5 Å². The predicted molar refractivity (Wildman–Crippen MR) is 58.5 cm³/mol. The van der Waals surface area contributed by atoms with Gasteiger partial charge in [-0.25, -0.2) is 5.43 Å². The highest BCUT2D eigenvalue weighted by molar-refractivity contribution is 5.64. The Morgan fingerprint density at radius 3 is 2.47 bits per heavy atom. The fourth-order valence-corrected chi connectivity index (χ4v) is 2.30. The Kier molecular flexibility index (Phi) is 3.36. The molecule has 19 heavy (non-hydrogen) atoms. The van der Waals surface area contributed by atoms with E-state index in [4.69, 9.17) is 0 Å². The van der Waals surface area contributed by atoms with Gasteiger partial charge in [0.1, 0.15) is 13.1 Å². The van der Waals surface area contributed by atoms with E-state index in [1.54, 1.807) is 0 Å². The Morgan fingerprint density at radius 2 is 1.95 bits per heavy atom. The number of alkyl halides is 3. The van der Waals surface area contributed by atoms with Crippen LogP contribution in [0.3, 0.4) is 0 Å². The molecule has 0 unspecified atom stereocenters. The van der Waals surface area contributed by atoms with E-state index in [1.165, 1.54) is 6.20 Å². The van der Waals surface area contributed by atoms with Crippen LogP contribution >= 0.6 is 0 Å². The summed E-state index contributed by atoms with van der Waals surface area (Å²) in [6, 6.07) is 0.925.